The number of carbonyl (C=O) groups excluding carboxylic acids is 1. The van der Waals surface area contributed by atoms with Crippen molar-refractivity contribution in [2.24, 2.45) is 0 Å². The molecule has 0 aliphatic carbocycles. The van der Waals surface area contributed by atoms with Gasteiger partial charge in [0.1, 0.15) is 12.7 Å². The molecule has 1 aromatic carbocycles. The average molecular weight is 387 g/mol. The number of benzene rings is 1. The Kier molecular flexibility index (Phi) is 5.15. The zero-order valence-corrected chi connectivity index (χ0v) is 16.3. The van der Waals surface area contributed by atoms with E-state index in [2.05, 4.69) is 25.5 Å². The van der Waals surface area contributed by atoms with Crippen LogP contribution < -0.4 is 5.32 Å². The smallest absolute Gasteiger partial charge is 0.251 e. The minimum atomic E-state index is -0.125. The first-order chi connectivity index (χ1) is 14.1. The molecule has 29 heavy (non-hydrogen) atoms. The number of pyridine rings is 1. The summed E-state index contributed by atoms with van der Waals surface area (Å²) in [6.07, 6.45) is 4.92. The zero-order chi connectivity index (χ0) is 20.2. The molecule has 3 aromatic heterocycles. The van der Waals surface area contributed by atoms with E-state index in [0.717, 1.165) is 28.3 Å². The molecule has 0 unspecified atom stereocenters. The Hall–Kier alpha value is -3.81. The normalized spacial score (nSPS) is 10.8. The van der Waals surface area contributed by atoms with Crippen LogP contribution in [0, 0.1) is 13.8 Å². The van der Waals surface area contributed by atoms with Gasteiger partial charge < -0.3 is 5.32 Å². The van der Waals surface area contributed by atoms with E-state index in [-0.39, 0.29) is 5.91 Å². The lowest BCUT2D eigenvalue weighted by Crippen LogP contribution is -2.22. The third-order valence-corrected chi connectivity index (χ3v) is 4.52. The zero-order valence-electron chi connectivity index (χ0n) is 16.3. The lowest BCUT2D eigenvalue weighted by Gasteiger charge is -2.08. The van der Waals surface area contributed by atoms with Gasteiger partial charge in [0.15, 0.2) is 5.82 Å². The summed E-state index contributed by atoms with van der Waals surface area (Å²) in [5.41, 5.74) is 4.57. The largest absolute Gasteiger partial charge is 0.348 e. The molecule has 0 saturated carbocycles. The Balaban J connectivity index is 1.35. The van der Waals surface area contributed by atoms with Crippen molar-refractivity contribution in [3.8, 4) is 5.82 Å². The van der Waals surface area contributed by atoms with Gasteiger partial charge in [0.05, 0.1) is 12.2 Å². The maximum absolute atomic E-state index is 12.4. The predicted octanol–water partition coefficient (Wildman–Crippen LogP) is 2.45. The molecule has 1 amide bonds. The lowest BCUT2D eigenvalue weighted by atomic mass is 10.1. The van der Waals surface area contributed by atoms with E-state index in [9.17, 15) is 4.79 Å². The first-order valence-corrected chi connectivity index (χ1v) is 9.26. The SMILES string of the molecule is Cc1cc(C)n(-c2ccc(CNC(=O)c3ccc(Cn4cncn4)cc3)cn2)n1. The van der Waals surface area contributed by atoms with Crippen LogP contribution in [0.4, 0.5) is 0 Å². The number of aromatic nitrogens is 6. The summed E-state index contributed by atoms with van der Waals surface area (Å²) in [4.78, 5) is 20.8. The number of carbonyl (C=O) groups is 1. The lowest BCUT2D eigenvalue weighted by molar-refractivity contribution is 0.0951. The molecule has 3 heterocycles. The molecule has 0 bridgehead atoms. The van der Waals surface area contributed by atoms with Gasteiger partial charge in [0, 0.05) is 24.0 Å². The number of nitrogens with one attached hydrogen (secondary N) is 1. The summed E-state index contributed by atoms with van der Waals surface area (Å²) >= 11 is 0. The first kappa shape index (κ1) is 18.5. The van der Waals surface area contributed by atoms with Crippen molar-refractivity contribution in [3.63, 3.8) is 0 Å². The van der Waals surface area contributed by atoms with Gasteiger partial charge in [-0.25, -0.2) is 19.3 Å². The Labute approximate surface area is 168 Å². The third kappa shape index (κ3) is 4.37. The van der Waals surface area contributed by atoms with Gasteiger partial charge in [-0.2, -0.15) is 10.2 Å². The molecule has 0 aliphatic heterocycles. The maximum Gasteiger partial charge on any atom is 0.251 e. The molecule has 4 rings (SSSR count). The van der Waals surface area contributed by atoms with E-state index >= 15 is 0 Å². The molecule has 0 saturated heterocycles. The molecule has 0 radical (unpaired) electrons. The van der Waals surface area contributed by atoms with Crippen LogP contribution in [0.15, 0.2) is 61.3 Å². The summed E-state index contributed by atoms with van der Waals surface area (Å²) in [6, 6.07) is 13.3. The molecule has 0 atom stereocenters. The fourth-order valence-electron chi connectivity index (χ4n) is 3.05. The molecular weight excluding hydrogens is 366 g/mol. The molecule has 8 nitrogen and oxygen atoms in total. The number of rotatable bonds is 6. The van der Waals surface area contributed by atoms with Gasteiger partial charge in [-0.1, -0.05) is 18.2 Å². The number of amides is 1. The van der Waals surface area contributed by atoms with Crippen LogP contribution in [0.3, 0.4) is 0 Å². The van der Waals surface area contributed by atoms with E-state index in [0.29, 0.717) is 18.7 Å². The van der Waals surface area contributed by atoms with E-state index in [1.165, 1.54) is 6.33 Å². The summed E-state index contributed by atoms with van der Waals surface area (Å²) in [7, 11) is 0. The number of aryl methyl sites for hydroxylation is 2. The Morgan fingerprint density at radius 2 is 1.86 bits per heavy atom. The van der Waals surface area contributed by atoms with Crippen molar-refractivity contribution in [1.82, 2.24) is 34.8 Å². The fraction of sp³-hybridized carbons (Fsp3) is 0.190. The number of hydrogen-bond donors (Lipinski definition) is 1. The molecule has 0 fully saturated rings. The van der Waals surface area contributed by atoms with Crippen molar-refractivity contribution < 1.29 is 4.79 Å². The minimum Gasteiger partial charge on any atom is -0.348 e. The molecule has 0 spiro atoms. The number of nitrogens with zero attached hydrogens (tertiary/aromatic N) is 6. The topological polar surface area (TPSA) is 90.5 Å². The summed E-state index contributed by atoms with van der Waals surface area (Å²) in [5.74, 6) is 0.633. The molecule has 1 N–H and O–H groups in total. The Morgan fingerprint density at radius 1 is 1.07 bits per heavy atom. The van der Waals surface area contributed by atoms with Crippen LogP contribution in [-0.4, -0.2) is 35.4 Å². The summed E-state index contributed by atoms with van der Waals surface area (Å²) in [5, 5.41) is 11.4. The molecular formula is C21H21N7O. The van der Waals surface area contributed by atoms with Gasteiger partial charge >= 0.3 is 0 Å². The summed E-state index contributed by atoms with van der Waals surface area (Å²) in [6.45, 7) is 4.97. The van der Waals surface area contributed by atoms with Crippen LogP contribution in [-0.2, 0) is 13.1 Å². The highest BCUT2D eigenvalue weighted by atomic mass is 16.1. The second kappa shape index (κ2) is 8.05. The van der Waals surface area contributed by atoms with Crippen molar-refractivity contribution in [1.29, 1.82) is 0 Å². The Morgan fingerprint density at radius 3 is 2.48 bits per heavy atom. The van der Waals surface area contributed by atoms with Crippen molar-refractivity contribution in [3.05, 3.63) is 89.4 Å². The first-order valence-electron chi connectivity index (χ1n) is 9.26. The van der Waals surface area contributed by atoms with Crippen LogP contribution >= 0.6 is 0 Å². The fourth-order valence-corrected chi connectivity index (χ4v) is 3.05. The molecule has 146 valence electrons. The van der Waals surface area contributed by atoms with Gasteiger partial charge in [-0.15, -0.1) is 0 Å². The van der Waals surface area contributed by atoms with Crippen LogP contribution in [0.2, 0.25) is 0 Å². The van der Waals surface area contributed by atoms with Gasteiger partial charge in [-0.05, 0) is 49.2 Å². The number of hydrogen-bond acceptors (Lipinski definition) is 5. The second-order valence-electron chi connectivity index (χ2n) is 6.84. The van der Waals surface area contributed by atoms with E-state index < -0.39 is 0 Å². The minimum absolute atomic E-state index is 0.125. The summed E-state index contributed by atoms with van der Waals surface area (Å²) < 4.78 is 3.54. The van der Waals surface area contributed by atoms with Crippen LogP contribution in [0.5, 0.6) is 0 Å². The average Bonchev–Trinajstić information content (AvgIpc) is 3.36. The Bertz CT molecular complexity index is 1100. The van der Waals surface area contributed by atoms with Gasteiger partial charge in [-0.3, -0.25) is 4.79 Å². The van der Waals surface area contributed by atoms with Crippen molar-refractivity contribution in [2.75, 3.05) is 0 Å². The highest BCUT2D eigenvalue weighted by Crippen LogP contribution is 2.11. The molecule has 8 heteroatoms. The van der Waals surface area contributed by atoms with E-state index in [4.69, 9.17) is 0 Å². The van der Waals surface area contributed by atoms with Crippen molar-refractivity contribution in [2.45, 2.75) is 26.9 Å². The highest BCUT2D eigenvalue weighted by molar-refractivity contribution is 5.94. The van der Waals surface area contributed by atoms with Crippen LogP contribution in [0.25, 0.3) is 5.82 Å². The van der Waals surface area contributed by atoms with Gasteiger partial charge in [0.25, 0.3) is 5.91 Å². The van der Waals surface area contributed by atoms with E-state index in [1.54, 1.807) is 21.9 Å². The quantitative estimate of drug-likeness (QED) is 0.549. The molecule has 4 aromatic rings. The van der Waals surface area contributed by atoms with Gasteiger partial charge in [0.2, 0.25) is 0 Å². The second-order valence-corrected chi connectivity index (χ2v) is 6.84. The third-order valence-electron chi connectivity index (χ3n) is 4.52. The monoisotopic (exact) mass is 387 g/mol. The maximum atomic E-state index is 12.4. The standard InChI is InChI=1S/C21H21N7O/c1-15-9-16(2)28(26-15)20-8-5-18(10-23-20)11-24-21(29)19-6-3-17(4-7-19)12-27-14-22-13-25-27/h3-10,13-14H,11-12H2,1-2H3,(H,24,29). The van der Waals surface area contributed by atoms with E-state index in [1.807, 2.05) is 56.3 Å². The highest BCUT2D eigenvalue weighted by Gasteiger charge is 2.08. The van der Waals surface area contributed by atoms with Crippen LogP contribution in [0.1, 0.15) is 32.9 Å². The molecule has 0 aliphatic rings. The van der Waals surface area contributed by atoms with Crippen molar-refractivity contribution >= 4 is 5.91 Å². The predicted molar refractivity (Wildman–Crippen MR) is 108 cm³/mol.